The van der Waals surface area contributed by atoms with Gasteiger partial charge in [-0.2, -0.15) is 0 Å². The summed E-state index contributed by atoms with van der Waals surface area (Å²) in [5.41, 5.74) is 1.16. The predicted molar refractivity (Wildman–Crippen MR) is 126 cm³/mol. The first-order chi connectivity index (χ1) is 15.9. The number of benzene rings is 3. The molecule has 167 valence electrons. The summed E-state index contributed by atoms with van der Waals surface area (Å²) in [6, 6.07) is 15.7. The zero-order valence-corrected chi connectivity index (χ0v) is 18.8. The van der Waals surface area contributed by atoms with Gasteiger partial charge in [0.2, 0.25) is 0 Å². The molecule has 0 unspecified atom stereocenters. The highest BCUT2D eigenvalue weighted by Crippen LogP contribution is 2.41. The smallest absolute Gasteiger partial charge is 0.277 e. The number of nitro groups is 2. The number of amides is 1. The number of nitrogens with zero attached hydrogens (tertiary/aromatic N) is 2. The molecule has 9 heteroatoms. The van der Waals surface area contributed by atoms with Gasteiger partial charge in [-0.15, -0.1) is 0 Å². The van der Waals surface area contributed by atoms with Crippen LogP contribution in [0.3, 0.4) is 0 Å². The molecule has 1 aliphatic rings. The second-order valence-corrected chi connectivity index (χ2v) is 8.75. The third kappa shape index (κ3) is 4.63. The van der Waals surface area contributed by atoms with Crippen LogP contribution in [0.2, 0.25) is 6.04 Å². The van der Waals surface area contributed by atoms with E-state index in [1.165, 1.54) is 5.56 Å². The van der Waals surface area contributed by atoms with Gasteiger partial charge in [-0.05, 0) is 47.1 Å². The molecule has 1 N–H and O–H groups in total. The molecule has 0 aromatic heterocycles. The Balaban J connectivity index is 1.77. The second-order valence-electron chi connectivity index (χ2n) is 8.25. The number of nitrogens with one attached hydrogen (secondary N) is 1. The first-order valence-electron chi connectivity index (χ1n) is 10.8. The van der Waals surface area contributed by atoms with Crippen LogP contribution in [-0.2, 0) is 6.42 Å². The largest absolute Gasteiger partial charge is 0.345 e. The molecule has 0 saturated heterocycles. The van der Waals surface area contributed by atoms with E-state index < -0.39 is 27.1 Å². The number of rotatable bonds is 7. The van der Waals surface area contributed by atoms with Crippen molar-refractivity contribution in [2.24, 2.45) is 5.92 Å². The molecule has 0 bridgehead atoms. The summed E-state index contributed by atoms with van der Waals surface area (Å²) in [6.07, 6.45) is 3.64. The molecule has 3 aromatic carbocycles. The molecule has 3 radical (unpaired) electrons. The van der Waals surface area contributed by atoms with Gasteiger partial charge >= 0.3 is 0 Å². The monoisotopic (exact) mass is 460 g/mol. The molecule has 0 spiro atoms. The van der Waals surface area contributed by atoms with E-state index in [9.17, 15) is 25.0 Å². The van der Waals surface area contributed by atoms with E-state index in [4.69, 9.17) is 0 Å². The Hall–Kier alpha value is -3.59. The van der Waals surface area contributed by atoms with E-state index >= 15 is 0 Å². The Morgan fingerprint density at radius 2 is 1.73 bits per heavy atom. The van der Waals surface area contributed by atoms with E-state index in [1.54, 1.807) is 0 Å². The summed E-state index contributed by atoms with van der Waals surface area (Å²) in [5, 5.41) is 27.7. The minimum absolute atomic E-state index is 0.0952. The molecule has 0 saturated carbocycles. The van der Waals surface area contributed by atoms with E-state index in [0.717, 1.165) is 66.3 Å². The van der Waals surface area contributed by atoms with Crippen molar-refractivity contribution >= 4 is 38.3 Å². The summed E-state index contributed by atoms with van der Waals surface area (Å²) in [7, 11) is 3.53. The Morgan fingerprint density at radius 3 is 2.39 bits per heavy atom. The number of carbonyl (C=O) groups is 1. The van der Waals surface area contributed by atoms with Crippen LogP contribution in [0.15, 0.2) is 54.6 Å². The van der Waals surface area contributed by atoms with Gasteiger partial charge in [0.15, 0.2) is 0 Å². The Labute approximate surface area is 193 Å². The lowest BCUT2D eigenvalue weighted by Gasteiger charge is -2.35. The summed E-state index contributed by atoms with van der Waals surface area (Å²) in [5.74, 6) is -0.381. The molecule has 0 aliphatic heterocycles. The first-order valence-corrected chi connectivity index (χ1v) is 11.5. The molecule has 4 rings (SSSR count). The second kappa shape index (κ2) is 9.49. The van der Waals surface area contributed by atoms with Crippen LogP contribution in [-0.4, -0.2) is 26.0 Å². The highest BCUT2D eigenvalue weighted by molar-refractivity contribution is 6.08. The number of hydrogen-bond acceptors (Lipinski definition) is 5. The average Bonchev–Trinajstić information content (AvgIpc) is 2.82. The maximum atomic E-state index is 13.3. The van der Waals surface area contributed by atoms with Crippen molar-refractivity contribution in [3.05, 3.63) is 91.5 Å². The van der Waals surface area contributed by atoms with Crippen molar-refractivity contribution in [2.75, 3.05) is 0 Å². The minimum atomic E-state index is -0.730. The molecule has 1 amide bonds. The molecule has 0 heterocycles. The van der Waals surface area contributed by atoms with Gasteiger partial charge in [-0.3, -0.25) is 25.0 Å². The molecule has 1 aliphatic carbocycles. The third-order valence-corrected chi connectivity index (χ3v) is 6.61. The molecule has 3 aromatic rings. The van der Waals surface area contributed by atoms with Crippen molar-refractivity contribution < 1.29 is 14.6 Å². The van der Waals surface area contributed by atoms with Gasteiger partial charge in [0, 0.05) is 22.4 Å². The van der Waals surface area contributed by atoms with E-state index in [1.807, 2.05) is 24.3 Å². The fourth-order valence-corrected chi connectivity index (χ4v) is 4.90. The summed E-state index contributed by atoms with van der Waals surface area (Å²) in [6.45, 7) is 0. The Kier molecular flexibility index (Phi) is 6.50. The highest BCUT2D eigenvalue weighted by atomic mass is 28.1. The van der Waals surface area contributed by atoms with Crippen LogP contribution >= 0.6 is 0 Å². The summed E-state index contributed by atoms with van der Waals surface area (Å²) >= 11 is 0. The van der Waals surface area contributed by atoms with Crippen LogP contribution in [0, 0.1) is 26.1 Å². The van der Waals surface area contributed by atoms with E-state index in [0.29, 0.717) is 0 Å². The van der Waals surface area contributed by atoms with Crippen molar-refractivity contribution in [3.63, 3.8) is 0 Å². The first kappa shape index (κ1) is 22.6. The molecular formula is C24H22N3O5Si. The summed E-state index contributed by atoms with van der Waals surface area (Å²) in [4.78, 5) is 34.3. The van der Waals surface area contributed by atoms with Crippen molar-refractivity contribution in [2.45, 2.75) is 37.8 Å². The van der Waals surface area contributed by atoms with Gasteiger partial charge in [-0.1, -0.05) is 48.9 Å². The maximum Gasteiger partial charge on any atom is 0.277 e. The molecular weight excluding hydrogens is 438 g/mol. The van der Waals surface area contributed by atoms with Crippen molar-refractivity contribution in [3.8, 4) is 0 Å². The van der Waals surface area contributed by atoms with Crippen LogP contribution in [0.4, 0.5) is 11.4 Å². The van der Waals surface area contributed by atoms with Crippen LogP contribution in [0.1, 0.15) is 46.8 Å². The number of fused-ring (bicyclic) bond motifs is 3. The minimum Gasteiger partial charge on any atom is -0.345 e. The van der Waals surface area contributed by atoms with Gasteiger partial charge in [0.1, 0.15) is 0 Å². The Morgan fingerprint density at radius 1 is 1.03 bits per heavy atom. The number of aryl methyl sites for hydroxylation is 1. The van der Waals surface area contributed by atoms with Crippen LogP contribution in [0.5, 0.6) is 0 Å². The van der Waals surface area contributed by atoms with Gasteiger partial charge < -0.3 is 5.32 Å². The SMILES string of the molecule is O=C(N[C@H]1c2c(ccc3ccccc23)CC[C@H]1CCC[Si])c1cc([N+](=O)[O-])cc([N+](=O)[O-])c1. The lowest BCUT2D eigenvalue weighted by molar-refractivity contribution is -0.394. The molecule has 0 fully saturated rings. The highest BCUT2D eigenvalue weighted by Gasteiger charge is 2.32. The molecule has 2 atom stereocenters. The maximum absolute atomic E-state index is 13.3. The topological polar surface area (TPSA) is 115 Å². The van der Waals surface area contributed by atoms with E-state index in [-0.39, 0.29) is 17.5 Å². The number of hydrogen-bond donors (Lipinski definition) is 1. The fourth-order valence-electron chi connectivity index (χ4n) is 4.70. The third-order valence-electron chi connectivity index (χ3n) is 6.25. The van der Waals surface area contributed by atoms with Gasteiger partial charge in [0.25, 0.3) is 17.3 Å². The van der Waals surface area contributed by atoms with Crippen molar-refractivity contribution in [1.29, 1.82) is 0 Å². The Bertz CT molecular complexity index is 1210. The lowest BCUT2D eigenvalue weighted by Crippen LogP contribution is -2.36. The summed E-state index contributed by atoms with van der Waals surface area (Å²) < 4.78 is 0. The predicted octanol–water partition coefficient (Wildman–Crippen LogP) is 5.06. The normalized spacial score (nSPS) is 17.4. The van der Waals surface area contributed by atoms with Crippen molar-refractivity contribution in [1.82, 2.24) is 5.32 Å². The van der Waals surface area contributed by atoms with Crippen LogP contribution in [0.25, 0.3) is 10.8 Å². The standard InChI is InChI=1S/C24H22N3O5Si/c28-24(18-12-19(26(29)30)14-20(13-18)27(31)32)25-23-17(5-3-11-33)10-9-16-8-7-15-4-1-2-6-21(15)22(16)23/h1-2,4,6-8,12-14,17,23H,3,5,9-11H2,(H,25,28)/t17-,23-/m1/s1. The zero-order chi connectivity index (χ0) is 23.5. The quantitative estimate of drug-likeness (QED) is 0.301. The number of nitro benzene ring substituents is 2. The van der Waals surface area contributed by atoms with Crippen LogP contribution < -0.4 is 5.32 Å². The fraction of sp³-hybridized carbons (Fsp3) is 0.292. The van der Waals surface area contributed by atoms with Gasteiger partial charge in [0.05, 0.1) is 27.5 Å². The van der Waals surface area contributed by atoms with E-state index in [2.05, 4.69) is 27.7 Å². The molecule has 8 nitrogen and oxygen atoms in total. The lowest BCUT2D eigenvalue weighted by atomic mass is 9.75. The average molecular weight is 461 g/mol. The zero-order valence-electron chi connectivity index (χ0n) is 17.8. The number of non-ortho nitro benzene ring substituents is 2. The molecule has 33 heavy (non-hydrogen) atoms. The van der Waals surface area contributed by atoms with Gasteiger partial charge in [-0.25, -0.2) is 0 Å². The number of carbonyl (C=O) groups excluding carboxylic acids is 1.